The third-order valence-corrected chi connectivity index (χ3v) is 10.4. The van der Waals surface area contributed by atoms with Crippen LogP contribution in [0.1, 0.15) is 43.5 Å². The Morgan fingerprint density at radius 1 is 1.13 bits per heavy atom. The van der Waals surface area contributed by atoms with Gasteiger partial charge in [0.15, 0.2) is 4.80 Å². The molecule has 0 amide bonds. The average Bonchev–Trinajstić information content (AvgIpc) is 3.26. The highest BCUT2D eigenvalue weighted by Crippen LogP contribution is 2.38. The highest BCUT2D eigenvalue weighted by Gasteiger charge is 2.35. The predicted octanol–water partition coefficient (Wildman–Crippen LogP) is 8.05. The normalized spacial score (nSPS) is 14.8. The molecule has 5 rings (SSSR count). The van der Waals surface area contributed by atoms with Crippen LogP contribution >= 0.6 is 95.7 Å². The molecule has 0 saturated heterocycles. The highest BCUT2D eigenvalue weighted by atomic mass is 127. The molecule has 7 nitrogen and oxygen atoms in total. The van der Waals surface area contributed by atoms with Crippen LogP contribution in [0, 0.1) is 7.14 Å². The van der Waals surface area contributed by atoms with Gasteiger partial charge in [-0.15, -0.1) is 0 Å². The fourth-order valence-electron chi connectivity index (χ4n) is 4.81. The van der Waals surface area contributed by atoms with Crippen molar-refractivity contribution < 1.29 is 19.0 Å². The number of carbonyl (C=O) groups excluding carboxylic acids is 1. The van der Waals surface area contributed by atoms with Crippen LogP contribution < -0.4 is 24.4 Å². The lowest BCUT2D eigenvalue weighted by molar-refractivity contribution is -0.143. The molecule has 0 spiro atoms. The Labute approximate surface area is 309 Å². The summed E-state index contributed by atoms with van der Waals surface area (Å²) in [5.41, 5.74) is 2.75. The number of carbonyl (C=O) groups is 1. The van der Waals surface area contributed by atoms with Gasteiger partial charge in [0.2, 0.25) is 0 Å². The van der Waals surface area contributed by atoms with E-state index in [2.05, 4.69) is 61.1 Å². The van der Waals surface area contributed by atoms with Crippen LogP contribution in [0.25, 0.3) is 6.08 Å². The van der Waals surface area contributed by atoms with Gasteiger partial charge in [-0.1, -0.05) is 56.5 Å². The molecule has 1 atom stereocenters. The number of aromatic nitrogens is 1. The van der Waals surface area contributed by atoms with E-state index < -0.39 is 12.0 Å². The monoisotopic (exact) mass is 952 g/mol. The number of thiazole rings is 1. The summed E-state index contributed by atoms with van der Waals surface area (Å²) in [4.78, 5) is 32.8. The van der Waals surface area contributed by atoms with E-state index >= 15 is 0 Å². The SMILES string of the molecule is COc1ccc(Br)cc1[C@@H]1C(C(=O)OC(C)C)=C(C)N=c2s/c(=C\c3cc(I)c(OCc4ccc(Cl)cc4Cl)c(I)c3)c(=O)n21. The van der Waals surface area contributed by atoms with Gasteiger partial charge in [0.05, 0.1) is 36.2 Å². The summed E-state index contributed by atoms with van der Waals surface area (Å²) in [6.07, 6.45) is 1.47. The summed E-state index contributed by atoms with van der Waals surface area (Å²) in [5, 5.41) is 1.10. The first-order valence-corrected chi connectivity index (χ1v) is 18.0. The molecule has 4 aromatic rings. The zero-order valence-corrected chi connectivity index (χ0v) is 32.5. The van der Waals surface area contributed by atoms with Crippen LogP contribution in [0.2, 0.25) is 10.0 Å². The zero-order chi connectivity index (χ0) is 32.6. The number of ether oxygens (including phenoxy) is 3. The third kappa shape index (κ3) is 7.48. The standard InChI is InChI=1S/C32H25BrCl2I2N2O5S/c1-15(2)44-31(41)27-16(3)38-32-39(28(27)21-12-19(33)6-8-25(21)42-4)30(40)26(45-32)11-17-9-23(36)29(24(37)10-17)43-14-18-5-7-20(34)13-22(18)35/h5-13,15,28H,14H2,1-4H3/b26-11-/t28-/m1/s1. The van der Waals surface area contributed by atoms with Gasteiger partial charge in [-0.2, -0.15) is 0 Å². The van der Waals surface area contributed by atoms with E-state index in [0.717, 1.165) is 22.7 Å². The number of rotatable bonds is 8. The summed E-state index contributed by atoms with van der Waals surface area (Å²) in [7, 11) is 1.56. The van der Waals surface area contributed by atoms with Crippen molar-refractivity contribution in [3.05, 3.63) is 118 Å². The highest BCUT2D eigenvalue weighted by molar-refractivity contribution is 14.1. The van der Waals surface area contributed by atoms with Crippen molar-refractivity contribution in [2.24, 2.45) is 4.99 Å². The zero-order valence-electron chi connectivity index (χ0n) is 24.3. The van der Waals surface area contributed by atoms with Gasteiger partial charge >= 0.3 is 5.97 Å². The minimum atomic E-state index is -0.808. The number of esters is 1. The molecular weight excluding hydrogens is 929 g/mol. The number of nitrogens with zero attached hydrogens (tertiary/aromatic N) is 2. The van der Waals surface area contributed by atoms with Crippen molar-refractivity contribution in [3.63, 3.8) is 0 Å². The number of halogens is 5. The van der Waals surface area contributed by atoms with E-state index in [1.165, 1.54) is 11.3 Å². The summed E-state index contributed by atoms with van der Waals surface area (Å²) >= 11 is 21.6. The summed E-state index contributed by atoms with van der Waals surface area (Å²) in [6, 6.07) is 13.9. The Morgan fingerprint density at radius 3 is 2.49 bits per heavy atom. The molecule has 1 aromatic heterocycles. The topological polar surface area (TPSA) is 79.1 Å². The van der Waals surface area contributed by atoms with Gasteiger partial charge in [-0.05, 0) is 120 Å². The molecule has 234 valence electrons. The number of benzene rings is 3. The maximum atomic E-state index is 14.1. The second kappa shape index (κ2) is 14.5. The molecule has 0 fully saturated rings. The molecule has 0 saturated carbocycles. The van der Waals surface area contributed by atoms with Crippen LogP contribution in [-0.4, -0.2) is 23.8 Å². The molecule has 1 aliphatic rings. The van der Waals surface area contributed by atoms with E-state index in [-0.39, 0.29) is 23.8 Å². The van der Waals surface area contributed by atoms with Gasteiger partial charge in [0, 0.05) is 25.6 Å². The Balaban J connectivity index is 1.59. The molecular formula is C32H25BrCl2I2N2O5S. The van der Waals surface area contributed by atoms with Crippen molar-refractivity contribution in [2.45, 2.75) is 39.5 Å². The van der Waals surface area contributed by atoms with E-state index in [0.29, 0.717) is 42.1 Å². The lowest BCUT2D eigenvalue weighted by Crippen LogP contribution is -2.40. The second-order valence-corrected chi connectivity index (χ2v) is 15.4. The van der Waals surface area contributed by atoms with E-state index in [4.69, 9.17) is 42.4 Å². The molecule has 2 heterocycles. The van der Waals surface area contributed by atoms with E-state index in [1.54, 1.807) is 50.6 Å². The summed E-state index contributed by atoms with van der Waals surface area (Å²) < 4.78 is 22.0. The van der Waals surface area contributed by atoms with E-state index in [1.807, 2.05) is 36.4 Å². The first-order chi connectivity index (χ1) is 21.4. The van der Waals surface area contributed by atoms with Crippen molar-refractivity contribution in [1.29, 1.82) is 0 Å². The lowest BCUT2D eigenvalue weighted by Gasteiger charge is -2.26. The van der Waals surface area contributed by atoms with Crippen molar-refractivity contribution in [1.82, 2.24) is 4.57 Å². The van der Waals surface area contributed by atoms with Crippen molar-refractivity contribution >= 4 is 108 Å². The predicted molar refractivity (Wildman–Crippen MR) is 198 cm³/mol. The largest absolute Gasteiger partial charge is 0.496 e. The number of allylic oxidation sites excluding steroid dienone is 1. The van der Waals surface area contributed by atoms with Crippen molar-refractivity contribution in [2.75, 3.05) is 7.11 Å². The minimum Gasteiger partial charge on any atom is -0.496 e. The first kappa shape index (κ1) is 34.4. The first-order valence-electron chi connectivity index (χ1n) is 13.5. The Morgan fingerprint density at radius 2 is 1.84 bits per heavy atom. The van der Waals surface area contributed by atoms with Crippen LogP contribution in [0.4, 0.5) is 0 Å². The number of fused-ring (bicyclic) bond motifs is 1. The molecule has 0 bridgehead atoms. The molecule has 1 aliphatic heterocycles. The van der Waals surface area contributed by atoms with Crippen molar-refractivity contribution in [3.8, 4) is 11.5 Å². The maximum Gasteiger partial charge on any atom is 0.338 e. The lowest BCUT2D eigenvalue weighted by atomic mass is 9.95. The molecule has 0 radical (unpaired) electrons. The van der Waals surface area contributed by atoms with Gasteiger partial charge in [-0.25, -0.2) is 9.79 Å². The van der Waals surface area contributed by atoms with Gasteiger partial charge in [-0.3, -0.25) is 9.36 Å². The Hall–Kier alpha value is -1.91. The van der Waals surface area contributed by atoms with Gasteiger partial charge in [0.25, 0.3) is 5.56 Å². The van der Waals surface area contributed by atoms with Crippen LogP contribution in [0.3, 0.4) is 0 Å². The van der Waals surface area contributed by atoms with Crippen LogP contribution in [-0.2, 0) is 16.1 Å². The van der Waals surface area contributed by atoms with Gasteiger partial charge < -0.3 is 14.2 Å². The van der Waals surface area contributed by atoms with Crippen LogP contribution in [0.5, 0.6) is 11.5 Å². The quantitative estimate of drug-likeness (QED) is 0.132. The summed E-state index contributed by atoms with van der Waals surface area (Å²) in [5.74, 6) is 0.709. The average molecular weight is 954 g/mol. The molecule has 45 heavy (non-hydrogen) atoms. The Bertz CT molecular complexity index is 2020. The fraction of sp³-hybridized carbons (Fsp3) is 0.219. The minimum absolute atomic E-state index is 0.278. The smallest absolute Gasteiger partial charge is 0.338 e. The molecule has 0 unspecified atom stereocenters. The number of methoxy groups -OCH3 is 1. The second-order valence-electron chi connectivity index (χ2n) is 10.3. The maximum absolute atomic E-state index is 14.1. The molecule has 13 heteroatoms. The number of hydrogen-bond acceptors (Lipinski definition) is 7. The van der Waals surface area contributed by atoms with E-state index in [9.17, 15) is 9.59 Å². The van der Waals surface area contributed by atoms with Crippen LogP contribution in [0.15, 0.2) is 74.1 Å². The molecule has 3 aromatic carbocycles. The third-order valence-electron chi connectivity index (χ3n) is 6.78. The Kier molecular flexibility index (Phi) is 11.1. The summed E-state index contributed by atoms with van der Waals surface area (Å²) in [6.45, 7) is 5.60. The fourth-order valence-corrected chi connectivity index (χ4v) is 8.83. The molecule has 0 aliphatic carbocycles. The van der Waals surface area contributed by atoms with Gasteiger partial charge in [0.1, 0.15) is 24.1 Å². The number of hydrogen-bond donors (Lipinski definition) is 0. The molecule has 0 N–H and O–H groups in total.